The van der Waals surface area contributed by atoms with E-state index in [1.807, 2.05) is 6.07 Å². The minimum Gasteiger partial charge on any atom is -0.480 e. The van der Waals surface area contributed by atoms with Crippen LogP contribution in [0, 0.1) is 5.92 Å². The summed E-state index contributed by atoms with van der Waals surface area (Å²) in [6, 6.07) is 7.79. The number of carboxylic acids is 1. The van der Waals surface area contributed by atoms with Crippen LogP contribution < -0.4 is 5.32 Å². The second kappa shape index (κ2) is 11.2. The number of hydrogen-bond acceptors (Lipinski definition) is 2. The summed E-state index contributed by atoms with van der Waals surface area (Å²) in [6.07, 6.45) is 5.64. The second-order valence-corrected chi connectivity index (χ2v) is 6.57. The van der Waals surface area contributed by atoms with Crippen LogP contribution in [-0.4, -0.2) is 17.1 Å². The van der Waals surface area contributed by atoms with Gasteiger partial charge >= 0.3 is 5.97 Å². The topological polar surface area (TPSA) is 49.3 Å². The summed E-state index contributed by atoms with van der Waals surface area (Å²) in [5, 5.41) is 11.8. The number of aliphatic carboxylic acids is 1. The van der Waals surface area contributed by atoms with Crippen molar-refractivity contribution in [1.82, 2.24) is 5.32 Å². The van der Waals surface area contributed by atoms with Crippen molar-refractivity contribution in [3.8, 4) is 0 Å². The molecule has 23 heavy (non-hydrogen) atoms. The van der Waals surface area contributed by atoms with Gasteiger partial charge in [-0.3, -0.25) is 10.1 Å². The largest absolute Gasteiger partial charge is 0.480 e. The van der Waals surface area contributed by atoms with E-state index in [-0.39, 0.29) is 0 Å². The predicted molar refractivity (Wildman–Crippen MR) is 92.0 cm³/mol. The minimum atomic E-state index is -1.44. The molecule has 0 amide bonds. The summed E-state index contributed by atoms with van der Waals surface area (Å²) >= 11 is 0. The zero-order valence-electron chi connectivity index (χ0n) is 14.3. The van der Waals surface area contributed by atoms with Gasteiger partial charge in [0.25, 0.3) is 0 Å². The summed E-state index contributed by atoms with van der Waals surface area (Å²) in [7, 11) is 0. The molecular formula is C19H30FNO2. The molecule has 1 rings (SSSR count). The van der Waals surface area contributed by atoms with Crippen molar-refractivity contribution in [2.45, 2.75) is 71.1 Å². The van der Waals surface area contributed by atoms with Gasteiger partial charge in [0.05, 0.1) is 0 Å². The molecule has 0 aliphatic heterocycles. The standard InChI is InChI=1S/C19H30FNO2/c1-15(2)11-7-4-3-5-10-14-17(19(22)23)21-18(20)16-12-8-6-9-13-16/h6,8-9,12-13,15,17-18,21H,3-5,7,10-11,14H2,1-2H3,(H,22,23). The zero-order valence-corrected chi connectivity index (χ0v) is 14.3. The van der Waals surface area contributed by atoms with Crippen molar-refractivity contribution < 1.29 is 14.3 Å². The summed E-state index contributed by atoms with van der Waals surface area (Å²) in [5.41, 5.74) is 0.465. The van der Waals surface area contributed by atoms with Gasteiger partial charge in [0.1, 0.15) is 6.04 Å². The third-order valence-electron chi connectivity index (χ3n) is 4.01. The maximum Gasteiger partial charge on any atom is 0.320 e. The Labute approximate surface area is 139 Å². The molecule has 0 aliphatic carbocycles. The number of nitrogens with one attached hydrogen (secondary N) is 1. The van der Waals surface area contributed by atoms with Crippen LogP contribution in [0.5, 0.6) is 0 Å². The van der Waals surface area contributed by atoms with Crippen LogP contribution in [-0.2, 0) is 4.79 Å². The fourth-order valence-electron chi connectivity index (χ4n) is 2.60. The zero-order chi connectivity index (χ0) is 17.1. The van der Waals surface area contributed by atoms with Gasteiger partial charge in [0.2, 0.25) is 0 Å². The first kappa shape index (κ1) is 19.6. The molecule has 0 spiro atoms. The average Bonchev–Trinajstić information content (AvgIpc) is 2.53. The van der Waals surface area contributed by atoms with Gasteiger partial charge in [0, 0.05) is 5.56 Å². The van der Waals surface area contributed by atoms with E-state index in [0.29, 0.717) is 12.0 Å². The van der Waals surface area contributed by atoms with E-state index in [1.54, 1.807) is 24.3 Å². The first-order chi connectivity index (χ1) is 11.0. The molecular weight excluding hydrogens is 293 g/mol. The lowest BCUT2D eigenvalue weighted by atomic mass is 10.0. The second-order valence-electron chi connectivity index (χ2n) is 6.57. The lowest BCUT2D eigenvalue weighted by Crippen LogP contribution is -2.37. The Morgan fingerprint density at radius 3 is 2.17 bits per heavy atom. The van der Waals surface area contributed by atoms with Gasteiger partial charge in [-0.2, -0.15) is 0 Å². The number of carboxylic acid groups (broad SMARTS) is 1. The molecule has 0 fully saturated rings. The van der Waals surface area contributed by atoms with E-state index in [1.165, 1.54) is 19.3 Å². The molecule has 0 saturated carbocycles. The smallest absolute Gasteiger partial charge is 0.320 e. The number of alkyl halides is 1. The van der Waals surface area contributed by atoms with Crippen LogP contribution in [0.15, 0.2) is 30.3 Å². The third-order valence-corrected chi connectivity index (χ3v) is 4.01. The summed E-state index contributed by atoms with van der Waals surface area (Å²) in [6.45, 7) is 4.45. The molecule has 2 N–H and O–H groups in total. The van der Waals surface area contributed by atoms with Crippen molar-refractivity contribution in [2.75, 3.05) is 0 Å². The molecule has 2 atom stereocenters. The lowest BCUT2D eigenvalue weighted by Gasteiger charge is -2.18. The predicted octanol–water partition coefficient (Wildman–Crippen LogP) is 5.08. The number of benzene rings is 1. The number of carbonyl (C=O) groups is 1. The number of rotatable bonds is 12. The molecule has 4 heteroatoms. The van der Waals surface area contributed by atoms with Gasteiger partial charge < -0.3 is 5.11 Å². The quantitative estimate of drug-likeness (QED) is 0.416. The molecule has 130 valence electrons. The molecule has 1 aromatic carbocycles. The monoisotopic (exact) mass is 323 g/mol. The van der Waals surface area contributed by atoms with Crippen molar-refractivity contribution in [2.24, 2.45) is 5.92 Å². The van der Waals surface area contributed by atoms with Gasteiger partial charge in [0.15, 0.2) is 6.30 Å². The molecule has 0 heterocycles. The summed E-state index contributed by atoms with van der Waals surface area (Å²) in [4.78, 5) is 11.3. The fraction of sp³-hybridized carbons (Fsp3) is 0.632. The first-order valence-corrected chi connectivity index (χ1v) is 8.68. The first-order valence-electron chi connectivity index (χ1n) is 8.68. The molecule has 0 saturated heterocycles. The average molecular weight is 323 g/mol. The van der Waals surface area contributed by atoms with Crippen LogP contribution in [0.2, 0.25) is 0 Å². The molecule has 3 nitrogen and oxygen atoms in total. The fourth-order valence-corrected chi connectivity index (χ4v) is 2.60. The van der Waals surface area contributed by atoms with Crippen LogP contribution in [0.25, 0.3) is 0 Å². The SMILES string of the molecule is CC(C)CCCCCCCC(NC(F)c1ccccc1)C(=O)O. The Balaban J connectivity index is 2.26. The van der Waals surface area contributed by atoms with Crippen LogP contribution in [0.3, 0.4) is 0 Å². The molecule has 0 aliphatic rings. The van der Waals surface area contributed by atoms with Crippen molar-refractivity contribution >= 4 is 5.97 Å². The number of unbranched alkanes of at least 4 members (excludes halogenated alkanes) is 4. The highest BCUT2D eigenvalue weighted by Crippen LogP contribution is 2.17. The minimum absolute atomic E-state index is 0.465. The van der Waals surface area contributed by atoms with E-state index < -0.39 is 18.3 Å². The highest BCUT2D eigenvalue weighted by atomic mass is 19.1. The molecule has 1 aromatic rings. The normalized spacial score (nSPS) is 13.9. The molecule has 0 bridgehead atoms. The summed E-state index contributed by atoms with van der Waals surface area (Å²) < 4.78 is 14.1. The van der Waals surface area contributed by atoms with Crippen LogP contribution in [0.1, 0.15) is 70.7 Å². The molecule has 0 radical (unpaired) electrons. The van der Waals surface area contributed by atoms with E-state index in [2.05, 4.69) is 19.2 Å². The molecule has 2 unspecified atom stereocenters. The number of hydrogen-bond donors (Lipinski definition) is 2. The van der Waals surface area contributed by atoms with Crippen LogP contribution >= 0.6 is 0 Å². The van der Waals surface area contributed by atoms with E-state index >= 15 is 0 Å². The van der Waals surface area contributed by atoms with E-state index in [0.717, 1.165) is 25.2 Å². The lowest BCUT2D eigenvalue weighted by molar-refractivity contribution is -0.140. The maximum absolute atomic E-state index is 14.1. The van der Waals surface area contributed by atoms with Gasteiger partial charge in [-0.1, -0.05) is 82.7 Å². The Bertz CT molecular complexity index is 436. The van der Waals surface area contributed by atoms with Crippen LogP contribution in [0.4, 0.5) is 4.39 Å². The summed E-state index contributed by atoms with van der Waals surface area (Å²) in [5.74, 6) is -0.238. The Morgan fingerprint density at radius 2 is 1.61 bits per heavy atom. The number of halogens is 1. The Kier molecular flexibility index (Phi) is 9.53. The highest BCUT2D eigenvalue weighted by molar-refractivity contribution is 5.73. The third kappa shape index (κ3) is 8.70. The van der Waals surface area contributed by atoms with Crippen molar-refractivity contribution in [3.63, 3.8) is 0 Å². The van der Waals surface area contributed by atoms with Gasteiger partial charge in [-0.15, -0.1) is 0 Å². The van der Waals surface area contributed by atoms with Crippen molar-refractivity contribution in [1.29, 1.82) is 0 Å². The Hall–Kier alpha value is -1.42. The highest BCUT2D eigenvalue weighted by Gasteiger charge is 2.21. The van der Waals surface area contributed by atoms with E-state index in [9.17, 15) is 14.3 Å². The van der Waals surface area contributed by atoms with Crippen molar-refractivity contribution in [3.05, 3.63) is 35.9 Å². The Morgan fingerprint density at radius 1 is 1.04 bits per heavy atom. The van der Waals surface area contributed by atoms with E-state index in [4.69, 9.17) is 0 Å². The van der Waals surface area contributed by atoms with Gasteiger partial charge in [-0.25, -0.2) is 4.39 Å². The molecule has 0 aromatic heterocycles. The van der Waals surface area contributed by atoms with Gasteiger partial charge in [-0.05, 0) is 12.3 Å². The maximum atomic E-state index is 14.1.